The Morgan fingerprint density at radius 3 is 2.93 bits per heavy atom. The predicted octanol–water partition coefficient (Wildman–Crippen LogP) is 2.78. The first-order valence-electron chi connectivity index (χ1n) is 4.88. The molecule has 0 amide bonds. The number of nitrogens with zero attached hydrogens (tertiary/aromatic N) is 2. The first-order chi connectivity index (χ1) is 6.76. The summed E-state index contributed by atoms with van der Waals surface area (Å²) in [5.41, 5.74) is 0. The number of nitrogens with one attached hydrogen (secondary N) is 1. The largest absolute Gasteiger partial charge is 0.360 e. The van der Waals surface area contributed by atoms with Gasteiger partial charge < -0.3 is 5.32 Å². The normalized spacial score (nSPS) is 12.8. The minimum Gasteiger partial charge on any atom is -0.360 e. The average Bonchev–Trinajstić information content (AvgIpc) is 2.63. The second-order valence-corrected chi connectivity index (χ2v) is 4.46. The summed E-state index contributed by atoms with van der Waals surface area (Å²) in [7, 11) is 0. The van der Waals surface area contributed by atoms with E-state index in [1.807, 2.05) is 0 Å². The van der Waals surface area contributed by atoms with Crippen LogP contribution in [0.3, 0.4) is 0 Å². The molecule has 1 N–H and O–H groups in total. The van der Waals surface area contributed by atoms with Crippen molar-refractivity contribution < 1.29 is 0 Å². The number of aromatic nitrogens is 2. The Morgan fingerprint density at radius 1 is 1.57 bits per heavy atom. The van der Waals surface area contributed by atoms with Crippen LogP contribution in [0.5, 0.6) is 0 Å². The summed E-state index contributed by atoms with van der Waals surface area (Å²) in [5.74, 6) is 2.23. The molecule has 1 rings (SSSR count). The van der Waals surface area contributed by atoms with E-state index in [2.05, 4.69) is 28.5 Å². The lowest BCUT2D eigenvalue weighted by molar-refractivity contribution is 0.596. The van der Waals surface area contributed by atoms with Crippen LogP contribution in [0.2, 0.25) is 0 Å². The zero-order valence-corrected chi connectivity index (χ0v) is 10.2. The lowest BCUT2D eigenvalue weighted by atomic mass is 10.1. The molecular weight excluding hydrogens is 218 g/mol. The molecule has 0 spiro atoms. The molecule has 0 fully saturated rings. The molecule has 0 aliphatic rings. The summed E-state index contributed by atoms with van der Waals surface area (Å²) in [6, 6.07) is 0. The van der Waals surface area contributed by atoms with E-state index in [4.69, 9.17) is 11.6 Å². The van der Waals surface area contributed by atoms with Crippen molar-refractivity contribution in [2.24, 2.45) is 5.92 Å². The molecule has 0 aliphatic heterocycles. The first-order valence-corrected chi connectivity index (χ1v) is 6.19. The van der Waals surface area contributed by atoms with Gasteiger partial charge in [-0.2, -0.15) is 4.37 Å². The summed E-state index contributed by atoms with van der Waals surface area (Å²) < 4.78 is 4.20. The van der Waals surface area contributed by atoms with Crippen molar-refractivity contribution in [3.8, 4) is 0 Å². The summed E-state index contributed by atoms with van der Waals surface area (Å²) in [5, 5.41) is 4.19. The van der Waals surface area contributed by atoms with Crippen LogP contribution >= 0.6 is 23.1 Å². The third-order valence-electron chi connectivity index (χ3n) is 1.99. The van der Waals surface area contributed by atoms with Gasteiger partial charge in [0.25, 0.3) is 0 Å². The van der Waals surface area contributed by atoms with E-state index in [1.54, 1.807) is 0 Å². The van der Waals surface area contributed by atoms with E-state index in [1.165, 1.54) is 11.5 Å². The zero-order valence-electron chi connectivity index (χ0n) is 8.59. The van der Waals surface area contributed by atoms with Gasteiger partial charge in [-0.25, -0.2) is 4.98 Å². The number of alkyl halides is 1. The Balaban J connectivity index is 2.30. The lowest BCUT2D eigenvalue weighted by Gasteiger charge is -2.08. The third kappa shape index (κ3) is 3.80. The molecule has 1 aromatic heterocycles. The average molecular weight is 234 g/mol. The lowest BCUT2D eigenvalue weighted by Crippen LogP contribution is -2.11. The maximum absolute atomic E-state index is 5.65. The summed E-state index contributed by atoms with van der Waals surface area (Å²) in [4.78, 5) is 4.32. The topological polar surface area (TPSA) is 37.8 Å². The quantitative estimate of drug-likeness (QED) is 0.768. The Morgan fingerprint density at radius 2 is 2.36 bits per heavy atom. The Labute approximate surface area is 94.1 Å². The van der Waals surface area contributed by atoms with Crippen LogP contribution < -0.4 is 5.32 Å². The second kappa shape index (κ2) is 6.19. The van der Waals surface area contributed by atoms with Gasteiger partial charge in [0.15, 0.2) is 0 Å². The molecule has 1 unspecified atom stereocenters. The van der Waals surface area contributed by atoms with Crippen LogP contribution in [-0.4, -0.2) is 21.8 Å². The predicted molar refractivity (Wildman–Crippen MR) is 62.3 cm³/mol. The number of hydrogen-bond donors (Lipinski definition) is 1. The molecule has 0 saturated heterocycles. The monoisotopic (exact) mass is 233 g/mol. The number of hydrogen-bond acceptors (Lipinski definition) is 4. The number of aryl methyl sites for hydroxylation is 1. The molecule has 0 radical (unpaired) electrons. The van der Waals surface area contributed by atoms with Gasteiger partial charge in [0.2, 0.25) is 5.13 Å². The summed E-state index contributed by atoms with van der Waals surface area (Å²) in [6.45, 7) is 5.16. The van der Waals surface area contributed by atoms with Crippen molar-refractivity contribution in [3.63, 3.8) is 0 Å². The van der Waals surface area contributed by atoms with E-state index in [9.17, 15) is 0 Å². The molecule has 0 aromatic carbocycles. The number of halogens is 1. The number of anilines is 1. The van der Waals surface area contributed by atoms with E-state index in [0.29, 0.717) is 5.92 Å². The van der Waals surface area contributed by atoms with Crippen molar-refractivity contribution in [3.05, 3.63) is 5.82 Å². The van der Waals surface area contributed by atoms with Crippen molar-refractivity contribution >= 4 is 28.3 Å². The molecule has 5 heteroatoms. The highest BCUT2D eigenvalue weighted by atomic mass is 35.5. The molecule has 3 nitrogen and oxygen atoms in total. The van der Waals surface area contributed by atoms with Crippen LogP contribution in [0.1, 0.15) is 26.1 Å². The fourth-order valence-corrected chi connectivity index (χ4v) is 2.05. The van der Waals surface area contributed by atoms with Gasteiger partial charge in [-0.15, -0.1) is 11.6 Å². The Bertz CT molecular complexity index is 264. The van der Waals surface area contributed by atoms with Crippen LogP contribution in [0, 0.1) is 5.92 Å². The standard InChI is InChI=1S/C9H16ClN3S/c1-3-8-12-9(14-13-8)11-6-7(2)4-5-10/h7H,3-6H2,1-2H3,(H,11,12,13). The highest BCUT2D eigenvalue weighted by Crippen LogP contribution is 2.12. The Hall–Kier alpha value is -0.350. The summed E-state index contributed by atoms with van der Waals surface area (Å²) in [6.07, 6.45) is 1.93. The van der Waals surface area contributed by atoms with Gasteiger partial charge in [-0.3, -0.25) is 0 Å². The maximum atomic E-state index is 5.65. The van der Waals surface area contributed by atoms with Crippen molar-refractivity contribution in [1.82, 2.24) is 9.36 Å². The minimum atomic E-state index is 0.585. The van der Waals surface area contributed by atoms with Crippen molar-refractivity contribution in [2.45, 2.75) is 26.7 Å². The second-order valence-electron chi connectivity index (χ2n) is 3.33. The fourth-order valence-electron chi connectivity index (χ4n) is 1.02. The molecular formula is C9H16ClN3S. The maximum Gasteiger partial charge on any atom is 0.202 e. The summed E-state index contributed by atoms with van der Waals surface area (Å²) >= 11 is 7.08. The van der Waals surface area contributed by atoms with Crippen LogP contribution in [0.15, 0.2) is 0 Å². The molecule has 1 aromatic rings. The van der Waals surface area contributed by atoms with Gasteiger partial charge in [0, 0.05) is 30.4 Å². The highest BCUT2D eigenvalue weighted by molar-refractivity contribution is 7.09. The third-order valence-corrected chi connectivity index (χ3v) is 2.92. The van der Waals surface area contributed by atoms with Crippen LogP contribution in [0.4, 0.5) is 5.13 Å². The Kier molecular flexibility index (Phi) is 5.19. The molecule has 1 heterocycles. The van der Waals surface area contributed by atoms with Crippen molar-refractivity contribution in [1.29, 1.82) is 0 Å². The van der Waals surface area contributed by atoms with Crippen LogP contribution in [-0.2, 0) is 6.42 Å². The van der Waals surface area contributed by atoms with Gasteiger partial charge in [0.1, 0.15) is 5.82 Å². The smallest absolute Gasteiger partial charge is 0.202 e. The van der Waals surface area contributed by atoms with E-state index in [0.717, 1.165) is 36.2 Å². The van der Waals surface area contributed by atoms with Crippen molar-refractivity contribution in [2.75, 3.05) is 17.7 Å². The first kappa shape index (κ1) is 11.7. The van der Waals surface area contributed by atoms with Crippen LogP contribution in [0.25, 0.3) is 0 Å². The van der Waals surface area contributed by atoms with Gasteiger partial charge in [-0.1, -0.05) is 13.8 Å². The molecule has 80 valence electrons. The van der Waals surface area contributed by atoms with Gasteiger partial charge in [0.05, 0.1) is 0 Å². The van der Waals surface area contributed by atoms with E-state index >= 15 is 0 Å². The van der Waals surface area contributed by atoms with E-state index in [-0.39, 0.29) is 0 Å². The molecule has 14 heavy (non-hydrogen) atoms. The zero-order chi connectivity index (χ0) is 10.4. The number of rotatable bonds is 6. The fraction of sp³-hybridized carbons (Fsp3) is 0.778. The van der Waals surface area contributed by atoms with Gasteiger partial charge >= 0.3 is 0 Å². The van der Waals surface area contributed by atoms with Gasteiger partial charge in [-0.05, 0) is 12.3 Å². The molecule has 0 bridgehead atoms. The molecule has 0 aliphatic carbocycles. The minimum absolute atomic E-state index is 0.585. The SMILES string of the molecule is CCc1nsc(NCC(C)CCCl)n1. The highest BCUT2D eigenvalue weighted by Gasteiger charge is 2.04. The van der Waals surface area contributed by atoms with E-state index < -0.39 is 0 Å². The molecule has 1 atom stereocenters. The molecule has 0 saturated carbocycles.